The third kappa shape index (κ3) is 2.93. The summed E-state index contributed by atoms with van der Waals surface area (Å²) in [4.78, 5) is 0. The molecule has 106 valence electrons. The van der Waals surface area contributed by atoms with E-state index in [0.29, 0.717) is 12.5 Å². The van der Waals surface area contributed by atoms with Crippen molar-refractivity contribution in [1.29, 1.82) is 0 Å². The van der Waals surface area contributed by atoms with Crippen molar-refractivity contribution in [3.8, 4) is 5.75 Å². The zero-order valence-corrected chi connectivity index (χ0v) is 11.9. The van der Waals surface area contributed by atoms with Gasteiger partial charge in [-0.15, -0.1) is 0 Å². The van der Waals surface area contributed by atoms with Crippen LogP contribution in [-0.4, -0.2) is 18.8 Å². The normalized spacial score (nSPS) is 28.9. The van der Waals surface area contributed by atoms with Crippen molar-refractivity contribution in [2.24, 2.45) is 17.1 Å². The van der Waals surface area contributed by atoms with E-state index in [2.05, 4.69) is 6.92 Å². The number of ether oxygens (including phenoxy) is 1. The summed E-state index contributed by atoms with van der Waals surface area (Å²) in [7, 11) is 1.65. The van der Waals surface area contributed by atoms with Gasteiger partial charge in [0.15, 0.2) is 0 Å². The smallest absolute Gasteiger partial charge is 0.118 e. The number of aliphatic hydroxyl groups excluding tert-OH is 1. The van der Waals surface area contributed by atoms with Gasteiger partial charge in [-0.3, -0.25) is 0 Å². The van der Waals surface area contributed by atoms with Gasteiger partial charge < -0.3 is 15.6 Å². The molecule has 3 unspecified atom stereocenters. The molecule has 0 saturated heterocycles. The lowest BCUT2D eigenvalue weighted by Gasteiger charge is -2.43. The maximum Gasteiger partial charge on any atom is 0.118 e. The maximum absolute atomic E-state index is 10.8. The molecule has 2 rings (SSSR count). The molecular weight excluding hydrogens is 238 g/mol. The minimum absolute atomic E-state index is 0.160. The first-order valence-corrected chi connectivity index (χ1v) is 7.13. The van der Waals surface area contributed by atoms with Gasteiger partial charge in [0.2, 0.25) is 0 Å². The summed E-state index contributed by atoms with van der Waals surface area (Å²) in [6.07, 6.45) is 3.95. The number of hydrogen-bond acceptors (Lipinski definition) is 3. The Bertz CT molecular complexity index is 404. The van der Waals surface area contributed by atoms with E-state index >= 15 is 0 Å². The summed E-state index contributed by atoms with van der Waals surface area (Å²) in [6, 6.07) is 7.68. The van der Waals surface area contributed by atoms with E-state index in [-0.39, 0.29) is 5.41 Å². The third-order valence-corrected chi connectivity index (χ3v) is 4.54. The van der Waals surface area contributed by atoms with Crippen LogP contribution in [0.25, 0.3) is 0 Å². The molecule has 3 atom stereocenters. The molecule has 0 spiro atoms. The van der Waals surface area contributed by atoms with Gasteiger partial charge in [-0.1, -0.05) is 31.9 Å². The number of nitrogens with two attached hydrogens (primary N) is 1. The first kappa shape index (κ1) is 14.4. The van der Waals surface area contributed by atoms with Crippen LogP contribution in [0.4, 0.5) is 0 Å². The highest BCUT2D eigenvalue weighted by molar-refractivity contribution is 5.29. The molecule has 0 amide bonds. The number of benzene rings is 1. The van der Waals surface area contributed by atoms with Crippen molar-refractivity contribution in [3.63, 3.8) is 0 Å². The van der Waals surface area contributed by atoms with Crippen molar-refractivity contribution in [2.75, 3.05) is 13.7 Å². The second-order valence-electron chi connectivity index (χ2n) is 5.94. The van der Waals surface area contributed by atoms with Crippen molar-refractivity contribution in [1.82, 2.24) is 0 Å². The number of rotatable bonds is 4. The summed E-state index contributed by atoms with van der Waals surface area (Å²) in [5.74, 6) is 1.46. The minimum atomic E-state index is -0.480. The Morgan fingerprint density at radius 1 is 1.42 bits per heavy atom. The SMILES string of the molecule is COc1ccc(C(O)C2(CN)CCCC(C)C2)cc1. The van der Waals surface area contributed by atoms with E-state index in [9.17, 15) is 5.11 Å². The zero-order chi connectivity index (χ0) is 13.9. The Morgan fingerprint density at radius 3 is 2.63 bits per heavy atom. The Balaban J connectivity index is 2.21. The molecule has 0 heterocycles. The Morgan fingerprint density at radius 2 is 2.11 bits per heavy atom. The van der Waals surface area contributed by atoms with Gasteiger partial charge >= 0.3 is 0 Å². The van der Waals surface area contributed by atoms with Crippen LogP contribution in [0, 0.1) is 11.3 Å². The van der Waals surface area contributed by atoms with Crippen LogP contribution < -0.4 is 10.5 Å². The largest absolute Gasteiger partial charge is 0.497 e. The van der Waals surface area contributed by atoms with Gasteiger partial charge in [0.05, 0.1) is 13.2 Å². The first-order valence-electron chi connectivity index (χ1n) is 7.13. The number of hydrogen-bond donors (Lipinski definition) is 2. The second-order valence-corrected chi connectivity index (χ2v) is 5.94. The topological polar surface area (TPSA) is 55.5 Å². The van der Waals surface area contributed by atoms with Crippen molar-refractivity contribution >= 4 is 0 Å². The van der Waals surface area contributed by atoms with Crippen molar-refractivity contribution in [2.45, 2.75) is 38.7 Å². The third-order valence-electron chi connectivity index (χ3n) is 4.54. The van der Waals surface area contributed by atoms with E-state index in [1.165, 1.54) is 6.42 Å². The summed E-state index contributed by atoms with van der Waals surface area (Å²) in [5.41, 5.74) is 6.79. The molecule has 1 aliphatic rings. The van der Waals surface area contributed by atoms with Crippen LogP contribution in [0.15, 0.2) is 24.3 Å². The van der Waals surface area contributed by atoms with Gasteiger partial charge in [0.25, 0.3) is 0 Å². The molecule has 1 saturated carbocycles. The fraction of sp³-hybridized carbons (Fsp3) is 0.625. The summed E-state index contributed by atoms with van der Waals surface area (Å²) < 4.78 is 5.16. The predicted octanol–water partition coefficient (Wildman–Crippen LogP) is 2.88. The highest BCUT2D eigenvalue weighted by atomic mass is 16.5. The molecule has 1 fully saturated rings. The number of aliphatic hydroxyl groups is 1. The average molecular weight is 263 g/mol. The molecule has 0 bridgehead atoms. The molecular formula is C16H25NO2. The highest BCUT2D eigenvalue weighted by Gasteiger charge is 2.40. The van der Waals surface area contributed by atoms with Crippen LogP contribution in [0.5, 0.6) is 5.75 Å². The summed E-state index contributed by atoms with van der Waals surface area (Å²) in [5, 5.41) is 10.8. The standard InChI is InChI=1S/C16H25NO2/c1-12-4-3-9-16(10-12,11-17)15(18)13-5-7-14(19-2)8-6-13/h5-8,12,15,18H,3-4,9-11,17H2,1-2H3. The Labute approximate surface area is 115 Å². The highest BCUT2D eigenvalue weighted by Crippen LogP contribution is 2.47. The van der Waals surface area contributed by atoms with E-state index in [1.54, 1.807) is 7.11 Å². The quantitative estimate of drug-likeness (QED) is 0.878. The zero-order valence-electron chi connectivity index (χ0n) is 11.9. The lowest BCUT2D eigenvalue weighted by molar-refractivity contribution is -0.0130. The van der Waals surface area contributed by atoms with E-state index in [4.69, 9.17) is 10.5 Å². The molecule has 3 heteroatoms. The first-order chi connectivity index (χ1) is 9.11. The van der Waals surface area contributed by atoms with Crippen LogP contribution >= 0.6 is 0 Å². The molecule has 0 aromatic heterocycles. The molecule has 3 N–H and O–H groups in total. The molecule has 19 heavy (non-hydrogen) atoms. The van der Waals surface area contributed by atoms with Crippen molar-refractivity contribution in [3.05, 3.63) is 29.8 Å². The summed E-state index contributed by atoms with van der Waals surface area (Å²) in [6.45, 7) is 2.80. The van der Waals surface area contributed by atoms with Gasteiger partial charge in [-0.05, 0) is 36.5 Å². The van der Waals surface area contributed by atoms with Crippen LogP contribution in [0.2, 0.25) is 0 Å². The predicted molar refractivity (Wildman–Crippen MR) is 77.1 cm³/mol. The summed E-state index contributed by atoms with van der Waals surface area (Å²) >= 11 is 0. The molecule has 1 aromatic rings. The monoisotopic (exact) mass is 263 g/mol. The van der Waals surface area contributed by atoms with Gasteiger partial charge in [-0.2, -0.15) is 0 Å². The van der Waals surface area contributed by atoms with E-state index in [0.717, 1.165) is 30.6 Å². The lowest BCUT2D eigenvalue weighted by Crippen LogP contribution is -2.40. The van der Waals surface area contributed by atoms with Crippen LogP contribution in [0.3, 0.4) is 0 Å². The van der Waals surface area contributed by atoms with Gasteiger partial charge in [-0.25, -0.2) is 0 Å². The number of methoxy groups -OCH3 is 1. The van der Waals surface area contributed by atoms with E-state index in [1.807, 2.05) is 24.3 Å². The van der Waals surface area contributed by atoms with Gasteiger partial charge in [0, 0.05) is 12.0 Å². The molecule has 1 aromatic carbocycles. The molecule has 3 nitrogen and oxygen atoms in total. The maximum atomic E-state index is 10.8. The van der Waals surface area contributed by atoms with Crippen molar-refractivity contribution < 1.29 is 9.84 Å². The molecule has 0 radical (unpaired) electrons. The fourth-order valence-corrected chi connectivity index (χ4v) is 3.39. The lowest BCUT2D eigenvalue weighted by atomic mass is 9.65. The van der Waals surface area contributed by atoms with Gasteiger partial charge in [0.1, 0.15) is 5.75 Å². The second kappa shape index (κ2) is 5.93. The minimum Gasteiger partial charge on any atom is -0.497 e. The van der Waals surface area contributed by atoms with E-state index < -0.39 is 6.10 Å². The Hall–Kier alpha value is -1.06. The average Bonchev–Trinajstić information content (AvgIpc) is 2.46. The van der Waals surface area contributed by atoms with Crippen LogP contribution in [-0.2, 0) is 0 Å². The molecule has 0 aliphatic heterocycles. The van der Waals surface area contributed by atoms with Crippen LogP contribution in [0.1, 0.15) is 44.3 Å². The molecule has 1 aliphatic carbocycles. The Kier molecular flexibility index (Phi) is 4.48. The fourth-order valence-electron chi connectivity index (χ4n) is 3.39.